The number of hydrogen-bond acceptors (Lipinski definition) is 4. The number of pyridine rings is 1. The summed E-state index contributed by atoms with van der Waals surface area (Å²) in [5.74, 6) is 0.719. The molecule has 1 fully saturated rings. The molecular weight excluding hydrogens is 312 g/mol. The number of carbonyl (C=O) groups excluding carboxylic acids is 1. The maximum absolute atomic E-state index is 12.0. The molecule has 1 unspecified atom stereocenters. The SMILES string of the molecule is CCCc1ccc(N2CCN(C(C(N)=O)c3ccccc3)CC2)nc1. The molecule has 5 nitrogen and oxygen atoms in total. The van der Waals surface area contributed by atoms with Crippen molar-refractivity contribution in [3.63, 3.8) is 0 Å². The first-order valence-electron chi connectivity index (χ1n) is 8.97. The van der Waals surface area contributed by atoms with Crippen LogP contribution in [0.1, 0.15) is 30.5 Å². The van der Waals surface area contributed by atoms with E-state index in [0.717, 1.165) is 50.4 Å². The molecule has 5 heteroatoms. The Hall–Kier alpha value is -2.40. The molecule has 1 atom stereocenters. The van der Waals surface area contributed by atoms with E-state index >= 15 is 0 Å². The van der Waals surface area contributed by atoms with Gasteiger partial charge in [0.25, 0.3) is 0 Å². The lowest BCUT2D eigenvalue weighted by Gasteiger charge is -2.38. The smallest absolute Gasteiger partial charge is 0.239 e. The van der Waals surface area contributed by atoms with Gasteiger partial charge in [0.2, 0.25) is 5.91 Å². The number of anilines is 1. The van der Waals surface area contributed by atoms with Crippen LogP contribution in [-0.4, -0.2) is 42.0 Å². The summed E-state index contributed by atoms with van der Waals surface area (Å²) in [4.78, 5) is 21.0. The van der Waals surface area contributed by atoms with Crippen LogP contribution in [0.3, 0.4) is 0 Å². The van der Waals surface area contributed by atoms with E-state index in [0.29, 0.717) is 0 Å². The van der Waals surface area contributed by atoms with Crippen LogP contribution in [0.5, 0.6) is 0 Å². The van der Waals surface area contributed by atoms with Crippen molar-refractivity contribution in [2.45, 2.75) is 25.8 Å². The Morgan fingerprint density at radius 1 is 1.12 bits per heavy atom. The van der Waals surface area contributed by atoms with Crippen LogP contribution in [-0.2, 0) is 11.2 Å². The zero-order chi connectivity index (χ0) is 17.6. The van der Waals surface area contributed by atoms with Crippen LogP contribution in [0.4, 0.5) is 5.82 Å². The Bertz CT molecular complexity index is 679. The first kappa shape index (κ1) is 17.4. The number of nitrogens with two attached hydrogens (primary N) is 1. The molecule has 1 aromatic carbocycles. The van der Waals surface area contributed by atoms with Gasteiger partial charge in [-0.15, -0.1) is 0 Å². The first-order chi connectivity index (χ1) is 12.2. The minimum atomic E-state index is -0.358. The second-order valence-electron chi connectivity index (χ2n) is 6.51. The largest absolute Gasteiger partial charge is 0.368 e. The van der Waals surface area contributed by atoms with Crippen molar-refractivity contribution in [1.29, 1.82) is 0 Å². The van der Waals surface area contributed by atoms with Crippen LogP contribution >= 0.6 is 0 Å². The van der Waals surface area contributed by atoms with Gasteiger partial charge in [0.05, 0.1) is 0 Å². The molecule has 1 saturated heterocycles. The van der Waals surface area contributed by atoms with Gasteiger partial charge in [-0.05, 0) is 23.6 Å². The second-order valence-corrected chi connectivity index (χ2v) is 6.51. The third-order valence-electron chi connectivity index (χ3n) is 4.74. The van der Waals surface area contributed by atoms with Crippen LogP contribution in [0.15, 0.2) is 48.7 Å². The van der Waals surface area contributed by atoms with Gasteiger partial charge < -0.3 is 10.6 Å². The number of rotatable bonds is 6. The fraction of sp³-hybridized carbons (Fsp3) is 0.400. The lowest BCUT2D eigenvalue weighted by Crippen LogP contribution is -2.50. The van der Waals surface area contributed by atoms with Crippen LogP contribution in [0, 0.1) is 0 Å². The highest BCUT2D eigenvalue weighted by Gasteiger charge is 2.29. The summed E-state index contributed by atoms with van der Waals surface area (Å²) in [6, 6.07) is 13.7. The highest BCUT2D eigenvalue weighted by molar-refractivity contribution is 5.81. The summed E-state index contributed by atoms with van der Waals surface area (Å²) in [6.45, 7) is 5.45. The molecule has 2 aromatic rings. The first-order valence-corrected chi connectivity index (χ1v) is 8.97. The molecule has 1 amide bonds. The molecule has 0 spiro atoms. The Morgan fingerprint density at radius 3 is 2.40 bits per heavy atom. The van der Waals surface area contributed by atoms with Gasteiger partial charge in [0.15, 0.2) is 0 Å². The number of primary amides is 1. The number of aryl methyl sites for hydroxylation is 1. The maximum Gasteiger partial charge on any atom is 0.239 e. The molecule has 2 N–H and O–H groups in total. The summed E-state index contributed by atoms with van der Waals surface area (Å²) < 4.78 is 0. The van der Waals surface area contributed by atoms with E-state index in [2.05, 4.69) is 33.8 Å². The summed E-state index contributed by atoms with van der Waals surface area (Å²) >= 11 is 0. The van der Waals surface area contributed by atoms with E-state index in [1.165, 1.54) is 5.56 Å². The second kappa shape index (κ2) is 8.12. The highest BCUT2D eigenvalue weighted by atomic mass is 16.1. The lowest BCUT2D eigenvalue weighted by molar-refractivity contribution is -0.123. The minimum Gasteiger partial charge on any atom is -0.368 e. The van der Waals surface area contributed by atoms with E-state index in [9.17, 15) is 4.79 Å². The van der Waals surface area contributed by atoms with Crippen LogP contribution in [0.2, 0.25) is 0 Å². The van der Waals surface area contributed by atoms with Gasteiger partial charge >= 0.3 is 0 Å². The van der Waals surface area contributed by atoms with Crippen molar-refractivity contribution in [2.75, 3.05) is 31.1 Å². The molecule has 1 aliphatic rings. The summed E-state index contributed by atoms with van der Waals surface area (Å²) in [7, 11) is 0. The molecule has 1 aliphatic heterocycles. The zero-order valence-corrected chi connectivity index (χ0v) is 14.8. The Morgan fingerprint density at radius 2 is 1.84 bits per heavy atom. The highest BCUT2D eigenvalue weighted by Crippen LogP contribution is 2.23. The molecule has 132 valence electrons. The Labute approximate surface area is 149 Å². The molecule has 3 rings (SSSR count). The van der Waals surface area contributed by atoms with Crippen molar-refractivity contribution >= 4 is 11.7 Å². The molecule has 0 saturated carbocycles. The third kappa shape index (κ3) is 4.17. The van der Waals surface area contributed by atoms with E-state index < -0.39 is 0 Å². The van der Waals surface area contributed by atoms with E-state index in [4.69, 9.17) is 5.73 Å². The monoisotopic (exact) mass is 338 g/mol. The number of carbonyl (C=O) groups is 1. The van der Waals surface area contributed by atoms with Crippen molar-refractivity contribution in [1.82, 2.24) is 9.88 Å². The number of nitrogens with zero attached hydrogens (tertiary/aromatic N) is 3. The average Bonchev–Trinajstić information content (AvgIpc) is 2.64. The van der Waals surface area contributed by atoms with Crippen LogP contribution in [0.25, 0.3) is 0 Å². The molecular formula is C20H26N4O. The zero-order valence-electron chi connectivity index (χ0n) is 14.8. The van der Waals surface area contributed by atoms with Gasteiger partial charge in [-0.2, -0.15) is 0 Å². The van der Waals surface area contributed by atoms with Gasteiger partial charge in [0.1, 0.15) is 11.9 Å². The summed E-state index contributed by atoms with van der Waals surface area (Å²) in [5, 5.41) is 0. The molecule has 1 aromatic heterocycles. The summed E-state index contributed by atoms with van der Waals surface area (Å²) in [5.41, 5.74) is 7.93. The molecule has 0 aliphatic carbocycles. The van der Waals surface area contributed by atoms with Gasteiger partial charge in [-0.25, -0.2) is 4.98 Å². The Kier molecular flexibility index (Phi) is 5.66. The average molecular weight is 338 g/mol. The van der Waals surface area contributed by atoms with Gasteiger partial charge in [-0.1, -0.05) is 49.7 Å². The van der Waals surface area contributed by atoms with Crippen molar-refractivity contribution in [3.8, 4) is 0 Å². The van der Waals surface area contributed by atoms with Crippen molar-refractivity contribution < 1.29 is 4.79 Å². The number of amides is 1. The van der Waals surface area contributed by atoms with E-state index in [-0.39, 0.29) is 11.9 Å². The number of hydrogen-bond donors (Lipinski definition) is 1. The van der Waals surface area contributed by atoms with Crippen molar-refractivity contribution in [3.05, 3.63) is 59.8 Å². The number of benzene rings is 1. The van der Waals surface area contributed by atoms with E-state index in [1.54, 1.807) is 0 Å². The molecule has 2 heterocycles. The van der Waals surface area contributed by atoms with Crippen molar-refractivity contribution in [2.24, 2.45) is 5.73 Å². The maximum atomic E-state index is 12.0. The predicted octanol–water partition coefficient (Wildman–Crippen LogP) is 2.38. The standard InChI is InChI=1S/C20H26N4O/c1-2-6-16-9-10-18(22-15-16)23-11-13-24(14-12-23)19(20(21)25)17-7-4-3-5-8-17/h3-5,7-10,15,19H,2,6,11-14H2,1H3,(H2,21,25). The third-order valence-corrected chi connectivity index (χ3v) is 4.74. The number of piperazine rings is 1. The van der Waals surface area contributed by atoms with E-state index in [1.807, 2.05) is 36.5 Å². The van der Waals surface area contributed by atoms with Gasteiger partial charge in [0, 0.05) is 32.4 Å². The lowest BCUT2D eigenvalue weighted by atomic mass is 10.0. The predicted molar refractivity (Wildman–Crippen MR) is 100 cm³/mol. The van der Waals surface area contributed by atoms with Gasteiger partial charge in [-0.3, -0.25) is 9.69 Å². The molecule has 25 heavy (non-hydrogen) atoms. The topological polar surface area (TPSA) is 62.5 Å². The van der Waals surface area contributed by atoms with Crippen LogP contribution < -0.4 is 10.6 Å². The normalized spacial score (nSPS) is 16.6. The molecule has 0 bridgehead atoms. The summed E-state index contributed by atoms with van der Waals surface area (Å²) in [6.07, 6.45) is 4.17. The number of aromatic nitrogens is 1. The minimum absolute atomic E-state index is 0.290. The quantitative estimate of drug-likeness (QED) is 0.878. The fourth-order valence-corrected chi connectivity index (χ4v) is 3.44. The molecule has 0 radical (unpaired) electrons. The fourth-order valence-electron chi connectivity index (χ4n) is 3.44. The Balaban J connectivity index is 1.65.